The Hall–Kier alpha value is 0.797. The van der Waals surface area contributed by atoms with Crippen LogP contribution >= 0.6 is 23.2 Å². The van der Waals surface area contributed by atoms with Gasteiger partial charge in [-0.1, -0.05) is 26.3 Å². The van der Waals surface area contributed by atoms with E-state index in [1.54, 1.807) is 0 Å². The van der Waals surface area contributed by atoms with Crippen molar-refractivity contribution in [2.45, 2.75) is 26.3 Å². The summed E-state index contributed by atoms with van der Waals surface area (Å²) >= 11 is 11.5. The maximum Gasteiger partial charge on any atom is 0.0707 e. The van der Waals surface area contributed by atoms with Crippen molar-refractivity contribution >= 4 is 32.0 Å². The van der Waals surface area contributed by atoms with Crippen molar-refractivity contribution in [3.05, 3.63) is 0 Å². The Bertz CT molecular complexity index is 72.0. The minimum atomic E-state index is -0.717. The maximum absolute atomic E-state index is 5.73. The van der Waals surface area contributed by atoms with Crippen LogP contribution in [0.4, 0.5) is 0 Å². The first-order chi connectivity index (χ1) is 4.70. The summed E-state index contributed by atoms with van der Waals surface area (Å²) in [6.07, 6.45) is 1.30. The van der Waals surface area contributed by atoms with E-state index in [1.807, 2.05) is 0 Å². The maximum atomic E-state index is 5.73. The fourth-order valence-corrected chi connectivity index (χ4v) is 4.21. The number of hydrogen-bond acceptors (Lipinski definition) is 0. The smallest absolute Gasteiger partial charge is 0.0707 e. The van der Waals surface area contributed by atoms with E-state index in [1.165, 1.54) is 12.5 Å². The molecule has 3 heteroatoms. The van der Waals surface area contributed by atoms with Gasteiger partial charge in [0.1, 0.15) is 0 Å². The number of hydrogen-bond donors (Lipinski definition) is 0. The SMILES string of the molecule is CC(C)CC[SiH](CCl)CCl. The monoisotopic (exact) mass is 198 g/mol. The van der Waals surface area contributed by atoms with Gasteiger partial charge >= 0.3 is 0 Å². The molecule has 0 N–H and O–H groups in total. The van der Waals surface area contributed by atoms with Gasteiger partial charge in [0.05, 0.1) is 8.80 Å². The zero-order chi connectivity index (χ0) is 7.98. The van der Waals surface area contributed by atoms with Crippen molar-refractivity contribution < 1.29 is 0 Å². The molecule has 0 unspecified atom stereocenters. The van der Waals surface area contributed by atoms with Crippen molar-refractivity contribution in [1.82, 2.24) is 0 Å². The summed E-state index contributed by atoms with van der Waals surface area (Å²) in [5.74, 6) is 0.807. The predicted molar refractivity (Wildman–Crippen MR) is 52.9 cm³/mol. The molecule has 0 radical (unpaired) electrons. The van der Waals surface area contributed by atoms with Gasteiger partial charge in [0.2, 0.25) is 0 Å². The Balaban J connectivity index is 3.26. The molecule has 0 aliphatic heterocycles. The van der Waals surface area contributed by atoms with Gasteiger partial charge < -0.3 is 0 Å². The Labute approximate surface area is 75.5 Å². The average molecular weight is 199 g/mol. The Morgan fingerprint density at radius 1 is 1.20 bits per heavy atom. The standard InChI is InChI=1S/C7H16Cl2Si/c1-7(2)3-4-10(5-8)6-9/h7,10H,3-6H2,1-2H3. The highest BCUT2D eigenvalue weighted by Gasteiger charge is 2.07. The topological polar surface area (TPSA) is 0 Å². The molecule has 0 aliphatic carbocycles. The second-order valence-corrected chi connectivity index (χ2v) is 7.92. The third-order valence-corrected chi connectivity index (χ3v) is 6.23. The normalized spacial score (nSPS) is 11.4. The highest BCUT2D eigenvalue weighted by atomic mass is 35.5. The molecule has 0 saturated heterocycles. The van der Waals surface area contributed by atoms with Gasteiger partial charge in [-0.05, 0) is 5.92 Å². The molecule has 0 amide bonds. The Morgan fingerprint density at radius 3 is 2.00 bits per heavy atom. The van der Waals surface area contributed by atoms with E-state index in [-0.39, 0.29) is 0 Å². The van der Waals surface area contributed by atoms with Crippen molar-refractivity contribution in [2.75, 3.05) is 11.0 Å². The third-order valence-electron chi connectivity index (χ3n) is 1.59. The number of alkyl halides is 2. The van der Waals surface area contributed by atoms with Gasteiger partial charge in [-0.2, -0.15) is 0 Å². The van der Waals surface area contributed by atoms with E-state index in [2.05, 4.69) is 13.8 Å². The van der Waals surface area contributed by atoms with Gasteiger partial charge in [-0.25, -0.2) is 0 Å². The molecule has 0 aromatic carbocycles. The molecule has 10 heavy (non-hydrogen) atoms. The fourth-order valence-electron chi connectivity index (χ4n) is 0.765. The van der Waals surface area contributed by atoms with Crippen LogP contribution in [0.25, 0.3) is 0 Å². The van der Waals surface area contributed by atoms with E-state index < -0.39 is 8.80 Å². The highest BCUT2D eigenvalue weighted by molar-refractivity contribution is 6.73. The zero-order valence-corrected chi connectivity index (χ0v) is 9.41. The molecule has 0 heterocycles. The first-order valence-corrected chi connectivity index (χ1v) is 7.34. The molecule has 62 valence electrons. The highest BCUT2D eigenvalue weighted by Crippen LogP contribution is 2.09. The van der Waals surface area contributed by atoms with Crippen LogP contribution in [0.1, 0.15) is 20.3 Å². The van der Waals surface area contributed by atoms with Crippen LogP contribution in [0.5, 0.6) is 0 Å². The molecule has 0 aromatic heterocycles. The number of rotatable bonds is 5. The number of halogens is 2. The van der Waals surface area contributed by atoms with Crippen LogP contribution in [-0.2, 0) is 0 Å². The summed E-state index contributed by atoms with van der Waals surface area (Å²) in [4.78, 5) is 0. The minimum Gasteiger partial charge on any atom is -0.130 e. The molecular weight excluding hydrogens is 183 g/mol. The molecule has 0 spiro atoms. The molecular formula is C7H16Cl2Si. The summed E-state index contributed by atoms with van der Waals surface area (Å²) in [6, 6.07) is 1.31. The van der Waals surface area contributed by atoms with E-state index in [0.29, 0.717) is 0 Å². The van der Waals surface area contributed by atoms with Crippen molar-refractivity contribution in [1.29, 1.82) is 0 Å². The molecule has 0 fully saturated rings. The largest absolute Gasteiger partial charge is 0.130 e. The molecule has 0 atom stereocenters. The van der Waals surface area contributed by atoms with Crippen LogP contribution in [0, 0.1) is 5.92 Å². The summed E-state index contributed by atoms with van der Waals surface area (Å²) in [5, 5.41) is 0. The lowest BCUT2D eigenvalue weighted by Gasteiger charge is -2.09. The van der Waals surface area contributed by atoms with E-state index in [0.717, 1.165) is 16.9 Å². The molecule has 0 nitrogen and oxygen atoms in total. The van der Waals surface area contributed by atoms with Crippen LogP contribution in [0.15, 0.2) is 0 Å². The minimum absolute atomic E-state index is 0.717. The lowest BCUT2D eigenvalue weighted by molar-refractivity contribution is 0.622. The first kappa shape index (κ1) is 10.8. The van der Waals surface area contributed by atoms with Crippen LogP contribution in [0.2, 0.25) is 6.04 Å². The van der Waals surface area contributed by atoms with E-state index in [4.69, 9.17) is 23.2 Å². The molecule has 0 rings (SSSR count). The Kier molecular flexibility index (Phi) is 7.02. The summed E-state index contributed by atoms with van der Waals surface area (Å²) in [5.41, 5.74) is 1.69. The second-order valence-electron chi connectivity index (χ2n) is 3.15. The molecule has 0 aromatic rings. The summed E-state index contributed by atoms with van der Waals surface area (Å²) in [7, 11) is -0.717. The average Bonchev–Trinajstić information content (AvgIpc) is 1.90. The molecule has 0 saturated carbocycles. The van der Waals surface area contributed by atoms with Crippen molar-refractivity contribution in [2.24, 2.45) is 5.92 Å². The van der Waals surface area contributed by atoms with Gasteiger partial charge in [-0.15, -0.1) is 23.2 Å². The van der Waals surface area contributed by atoms with Gasteiger partial charge in [0.25, 0.3) is 0 Å². The first-order valence-electron chi connectivity index (χ1n) is 3.82. The van der Waals surface area contributed by atoms with Crippen molar-refractivity contribution in [3.8, 4) is 0 Å². The van der Waals surface area contributed by atoms with Crippen LogP contribution in [-0.4, -0.2) is 19.8 Å². The van der Waals surface area contributed by atoms with E-state index in [9.17, 15) is 0 Å². The molecule has 0 aliphatic rings. The summed E-state index contributed by atoms with van der Waals surface area (Å²) < 4.78 is 0. The fraction of sp³-hybridized carbons (Fsp3) is 1.00. The predicted octanol–water partition coefficient (Wildman–Crippen LogP) is 2.82. The zero-order valence-electron chi connectivity index (χ0n) is 6.74. The van der Waals surface area contributed by atoms with Crippen molar-refractivity contribution in [3.63, 3.8) is 0 Å². The van der Waals surface area contributed by atoms with Gasteiger partial charge in [0, 0.05) is 11.0 Å². The Morgan fingerprint density at radius 2 is 1.70 bits per heavy atom. The second kappa shape index (κ2) is 6.50. The third kappa shape index (κ3) is 5.57. The summed E-state index contributed by atoms with van der Waals surface area (Å²) in [6.45, 7) is 4.49. The lowest BCUT2D eigenvalue weighted by atomic mass is 10.2. The van der Waals surface area contributed by atoms with Gasteiger partial charge in [-0.3, -0.25) is 0 Å². The van der Waals surface area contributed by atoms with Crippen LogP contribution in [0.3, 0.4) is 0 Å². The lowest BCUT2D eigenvalue weighted by Crippen LogP contribution is -2.18. The van der Waals surface area contributed by atoms with Gasteiger partial charge in [0.15, 0.2) is 0 Å². The quantitative estimate of drug-likeness (QED) is 0.471. The van der Waals surface area contributed by atoms with Crippen LogP contribution < -0.4 is 0 Å². The van der Waals surface area contributed by atoms with E-state index >= 15 is 0 Å². The molecule has 0 bridgehead atoms.